The summed E-state index contributed by atoms with van der Waals surface area (Å²) in [5.41, 5.74) is 1.19. The summed E-state index contributed by atoms with van der Waals surface area (Å²) in [6.45, 7) is 2.36. The standard InChI is InChI=1S/C14H19N5OS/c1-3-12-16-10-5-4-6-11(14(10)21-12)18(2)13(20)9-19-8-7-15-17-19/h7-8,11H,3-6,9H2,1-2H3. The van der Waals surface area contributed by atoms with Gasteiger partial charge in [0, 0.05) is 13.2 Å². The first-order valence-corrected chi connectivity index (χ1v) is 8.09. The maximum absolute atomic E-state index is 12.4. The van der Waals surface area contributed by atoms with Crippen molar-refractivity contribution in [3.63, 3.8) is 0 Å². The quantitative estimate of drug-likeness (QED) is 0.864. The Hall–Kier alpha value is -1.76. The van der Waals surface area contributed by atoms with Crippen LogP contribution in [0.5, 0.6) is 0 Å². The van der Waals surface area contributed by atoms with Crippen molar-refractivity contribution in [2.75, 3.05) is 7.05 Å². The van der Waals surface area contributed by atoms with Crippen LogP contribution in [0.4, 0.5) is 0 Å². The Balaban J connectivity index is 1.77. The minimum Gasteiger partial charge on any atom is -0.336 e. The lowest BCUT2D eigenvalue weighted by Gasteiger charge is -2.30. The number of amides is 1. The van der Waals surface area contributed by atoms with E-state index in [4.69, 9.17) is 0 Å². The Labute approximate surface area is 127 Å². The van der Waals surface area contributed by atoms with Crippen LogP contribution >= 0.6 is 11.3 Å². The SMILES string of the molecule is CCc1nc2c(s1)C(N(C)C(=O)Cn1ccnn1)CCC2. The third kappa shape index (κ3) is 2.83. The van der Waals surface area contributed by atoms with Crippen LogP contribution in [-0.2, 0) is 24.2 Å². The molecule has 1 atom stereocenters. The van der Waals surface area contributed by atoms with Crippen molar-refractivity contribution in [3.8, 4) is 0 Å². The molecule has 0 spiro atoms. The molecule has 7 heteroatoms. The predicted molar refractivity (Wildman–Crippen MR) is 80.0 cm³/mol. The minimum absolute atomic E-state index is 0.0600. The summed E-state index contributed by atoms with van der Waals surface area (Å²) >= 11 is 1.76. The van der Waals surface area contributed by atoms with E-state index in [1.807, 2.05) is 11.9 Å². The minimum atomic E-state index is 0.0600. The molecule has 0 bridgehead atoms. The summed E-state index contributed by atoms with van der Waals surface area (Å²) in [4.78, 5) is 20.2. The van der Waals surface area contributed by atoms with Gasteiger partial charge in [0.2, 0.25) is 5.91 Å². The Kier molecular flexibility index (Phi) is 4.01. The van der Waals surface area contributed by atoms with Crippen LogP contribution in [0.15, 0.2) is 12.4 Å². The van der Waals surface area contributed by atoms with E-state index in [-0.39, 0.29) is 18.5 Å². The molecule has 2 aromatic heterocycles. The van der Waals surface area contributed by atoms with Gasteiger partial charge in [0.15, 0.2) is 0 Å². The Morgan fingerprint density at radius 2 is 2.43 bits per heavy atom. The van der Waals surface area contributed by atoms with Gasteiger partial charge in [0.25, 0.3) is 0 Å². The molecule has 112 valence electrons. The molecule has 0 aromatic carbocycles. The van der Waals surface area contributed by atoms with E-state index in [1.165, 1.54) is 15.6 Å². The molecular weight excluding hydrogens is 286 g/mol. The molecular formula is C14H19N5OS. The van der Waals surface area contributed by atoms with Crippen LogP contribution in [-0.4, -0.2) is 37.8 Å². The second-order valence-corrected chi connectivity index (χ2v) is 6.40. The lowest BCUT2D eigenvalue weighted by Crippen LogP contribution is -2.35. The molecule has 2 aromatic rings. The molecule has 2 heterocycles. The summed E-state index contributed by atoms with van der Waals surface area (Å²) in [5, 5.41) is 8.76. The molecule has 6 nitrogen and oxygen atoms in total. The number of rotatable bonds is 4. The Bertz CT molecular complexity index is 621. The molecule has 1 aliphatic carbocycles. The number of hydrogen-bond acceptors (Lipinski definition) is 5. The molecule has 0 N–H and O–H groups in total. The second kappa shape index (κ2) is 5.93. The number of aromatic nitrogens is 4. The largest absolute Gasteiger partial charge is 0.336 e. The fourth-order valence-electron chi connectivity index (χ4n) is 2.71. The monoisotopic (exact) mass is 305 g/mol. The maximum atomic E-state index is 12.4. The fourth-order valence-corrected chi connectivity index (χ4v) is 3.94. The van der Waals surface area contributed by atoms with Crippen molar-refractivity contribution in [2.24, 2.45) is 0 Å². The van der Waals surface area contributed by atoms with Gasteiger partial charge in [-0.05, 0) is 25.7 Å². The lowest BCUT2D eigenvalue weighted by atomic mass is 9.97. The first-order chi connectivity index (χ1) is 10.2. The maximum Gasteiger partial charge on any atom is 0.244 e. The number of carbonyl (C=O) groups excluding carboxylic acids is 1. The smallest absolute Gasteiger partial charge is 0.244 e. The molecule has 0 fully saturated rings. The molecule has 1 amide bonds. The van der Waals surface area contributed by atoms with Crippen LogP contribution in [0, 0.1) is 0 Å². The van der Waals surface area contributed by atoms with Gasteiger partial charge < -0.3 is 4.90 Å². The molecule has 0 aliphatic heterocycles. The zero-order valence-corrected chi connectivity index (χ0v) is 13.1. The van der Waals surface area contributed by atoms with E-state index in [0.717, 1.165) is 25.7 Å². The molecule has 0 saturated heterocycles. The third-order valence-corrected chi connectivity index (χ3v) is 5.24. The highest BCUT2D eigenvalue weighted by Crippen LogP contribution is 2.37. The average molecular weight is 305 g/mol. The molecule has 1 unspecified atom stereocenters. The summed E-state index contributed by atoms with van der Waals surface area (Å²) in [6, 6.07) is 0.155. The van der Waals surface area contributed by atoms with Crippen LogP contribution in [0.1, 0.15) is 41.4 Å². The highest BCUT2D eigenvalue weighted by atomic mass is 32.1. The van der Waals surface area contributed by atoms with Gasteiger partial charge in [-0.2, -0.15) is 0 Å². The van der Waals surface area contributed by atoms with Gasteiger partial charge in [-0.1, -0.05) is 12.1 Å². The van der Waals surface area contributed by atoms with Crippen molar-refractivity contribution in [2.45, 2.75) is 45.2 Å². The number of aryl methyl sites for hydroxylation is 2. The van der Waals surface area contributed by atoms with Crippen molar-refractivity contribution in [1.29, 1.82) is 0 Å². The Morgan fingerprint density at radius 3 is 3.14 bits per heavy atom. The zero-order chi connectivity index (χ0) is 14.8. The number of carbonyl (C=O) groups is 1. The van der Waals surface area contributed by atoms with Crippen LogP contribution in [0.3, 0.4) is 0 Å². The summed E-state index contributed by atoms with van der Waals surface area (Å²) in [5.74, 6) is 0.0600. The van der Waals surface area contributed by atoms with Gasteiger partial charge in [-0.25, -0.2) is 9.67 Å². The van der Waals surface area contributed by atoms with E-state index in [1.54, 1.807) is 28.4 Å². The van der Waals surface area contributed by atoms with Crippen molar-refractivity contribution >= 4 is 17.2 Å². The molecule has 0 saturated carbocycles. The first-order valence-electron chi connectivity index (χ1n) is 7.27. The molecule has 21 heavy (non-hydrogen) atoms. The Morgan fingerprint density at radius 1 is 1.57 bits per heavy atom. The van der Waals surface area contributed by atoms with E-state index >= 15 is 0 Å². The lowest BCUT2D eigenvalue weighted by molar-refractivity contribution is -0.133. The number of likely N-dealkylation sites (N-methyl/N-ethyl adjacent to an activating group) is 1. The van der Waals surface area contributed by atoms with E-state index in [2.05, 4.69) is 22.2 Å². The van der Waals surface area contributed by atoms with Crippen LogP contribution in [0.2, 0.25) is 0 Å². The number of nitrogens with zero attached hydrogens (tertiary/aromatic N) is 5. The summed E-state index contributed by atoms with van der Waals surface area (Å²) in [6.07, 6.45) is 7.39. The average Bonchev–Trinajstić information content (AvgIpc) is 3.14. The van der Waals surface area contributed by atoms with Gasteiger partial charge >= 0.3 is 0 Å². The van der Waals surface area contributed by atoms with Gasteiger partial charge in [-0.15, -0.1) is 16.4 Å². The van der Waals surface area contributed by atoms with Crippen molar-refractivity contribution in [3.05, 3.63) is 28.0 Å². The third-order valence-electron chi connectivity index (χ3n) is 3.90. The van der Waals surface area contributed by atoms with Crippen LogP contribution in [0.25, 0.3) is 0 Å². The first kappa shape index (κ1) is 14.2. The summed E-state index contributed by atoms with van der Waals surface area (Å²) < 4.78 is 1.56. The van der Waals surface area contributed by atoms with Gasteiger partial charge in [0.1, 0.15) is 6.54 Å². The normalized spacial score (nSPS) is 17.5. The number of fused-ring (bicyclic) bond motifs is 1. The number of thiazole rings is 1. The topological polar surface area (TPSA) is 63.9 Å². The van der Waals surface area contributed by atoms with E-state index in [0.29, 0.717) is 0 Å². The van der Waals surface area contributed by atoms with Crippen molar-refractivity contribution < 1.29 is 4.79 Å². The number of hydrogen-bond donors (Lipinski definition) is 0. The molecule has 3 rings (SSSR count). The highest BCUT2D eigenvalue weighted by Gasteiger charge is 2.29. The van der Waals surface area contributed by atoms with Gasteiger partial charge in [-0.3, -0.25) is 4.79 Å². The predicted octanol–water partition coefficient (Wildman–Crippen LogP) is 1.83. The second-order valence-electron chi connectivity index (χ2n) is 5.29. The fraction of sp³-hybridized carbons (Fsp3) is 0.571. The van der Waals surface area contributed by atoms with Crippen molar-refractivity contribution in [1.82, 2.24) is 24.9 Å². The van der Waals surface area contributed by atoms with E-state index in [9.17, 15) is 4.79 Å². The van der Waals surface area contributed by atoms with Crippen LogP contribution < -0.4 is 0 Å². The zero-order valence-electron chi connectivity index (χ0n) is 12.3. The van der Waals surface area contributed by atoms with E-state index < -0.39 is 0 Å². The summed E-state index contributed by atoms with van der Waals surface area (Å²) in [7, 11) is 1.88. The molecule has 0 radical (unpaired) electrons. The van der Waals surface area contributed by atoms with Gasteiger partial charge in [0.05, 0.1) is 27.8 Å². The highest BCUT2D eigenvalue weighted by molar-refractivity contribution is 7.11. The molecule has 1 aliphatic rings.